The third kappa shape index (κ3) is 7.63. The molecule has 0 saturated heterocycles. The summed E-state index contributed by atoms with van der Waals surface area (Å²) in [4.78, 5) is 54.1. The Balaban J connectivity index is 0.000000158. The summed E-state index contributed by atoms with van der Waals surface area (Å²) in [6.45, 7) is 8.20. The first-order chi connectivity index (χ1) is 32.0. The molecule has 0 bridgehead atoms. The van der Waals surface area contributed by atoms with Gasteiger partial charge in [-0.15, -0.1) is 0 Å². The predicted octanol–water partition coefficient (Wildman–Crippen LogP) is 14.5. The summed E-state index contributed by atoms with van der Waals surface area (Å²) in [5, 5.41) is 0. The molecule has 11 rings (SSSR count). The number of fused-ring (bicyclic) bond motifs is 4. The summed E-state index contributed by atoms with van der Waals surface area (Å²) < 4.78 is 0. The van der Waals surface area contributed by atoms with Gasteiger partial charge in [-0.25, -0.2) is 0 Å². The van der Waals surface area contributed by atoms with Gasteiger partial charge in [-0.1, -0.05) is 180 Å². The summed E-state index contributed by atoms with van der Waals surface area (Å²) >= 11 is 0. The Morgan fingerprint density at radius 3 is 0.939 bits per heavy atom. The maximum absolute atomic E-state index is 14.0. The van der Waals surface area contributed by atoms with Crippen molar-refractivity contribution < 1.29 is 19.2 Å². The van der Waals surface area contributed by atoms with Crippen LogP contribution in [0.5, 0.6) is 0 Å². The Morgan fingerprint density at radius 2 is 0.515 bits per heavy atom. The van der Waals surface area contributed by atoms with Crippen molar-refractivity contribution in [1.29, 1.82) is 0 Å². The fourth-order valence-electron chi connectivity index (χ4n) is 9.05. The third-order valence-corrected chi connectivity index (χ3v) is 12.8. The van der Waals surface area contributed by atoms with E-state index in [0.29, 0.717) is 44.5 Å². The molecule has 0 fully saturated rings. The lowest BCUT2D eigenvalue weighted by Crippen LogP contribution is -2.22. The Bertz CT molecular complexity index is 3330. The molecule has 0 atom stereocenters. The summed E-state index contributed by atoms with van der Waals surface area (Å²) in [6.07, 6.45) is 0. The molecule has 0 unspecified atom stereocenters. The van der Waals surface area contributed by atoms with Crippen LogP contribution in [-0.2, 0) is 0 Å². The van der Waals surface area contributed by atoms with Crippen LogP contribution in [0.4, 0.5) is 0 Å². The SMILES string of the molecule is Cc1ccc(-c2ccc3c(c2)C(=O)c2c(cccc2-c2ccccc2-c2ccc(C)cc2)C3=O)cc1.Cc1ccc(-c2ccc3c(c2)C(=O)c2cc(-c4ccc(C)cc4)ccc2C3=O)cc1. The van der Waals surface area contributed by atoms with Gasteiger partial charge in [0.1, 0.15) is 0 Å². The number of hydrogen-bond donors (Lipinski definition) is 0. The highest BCUT2D eigenvalue weighted by Gasteiger charge is 2.33. The number of benzene rings is 9. The molecule has 9 aromatic rings. The zero-order valence-corrected chi connectivity index (χ0v) is 37.1. The van der Waals surface area contributed by atoms with Gasteiger partial charge in [0, 0.05) is 44.5 Å². The fourth-order valence-corrected chi connectivity index (χ4v) is 9.05. The second-order valence-electron chi connectivity index (χ2n) is 17.3. The molecule has 0 spiro atoms. The highest BCUT2D eigenvalue weighted by molar-refractivity contribution is 6.31. The molecule has 4 heteroatoms. The van der Waals surface area contributed by atoms with Crippen molar-refractivity contribution in [3.05, 3.63) is 261 Å². The van der Waals surface area contributed by atoms with E-state index in [1.165, 1.54) is 22.3 Å². The minimum absolute atomic E-state index is 0.0921. The zero-order valence-electron chi connectivity index (χ0n) is 37.1. The van der Waals surface area contributed by atoms with E-state index in [1.807, 2.05) is 148 Å². The van der Waals surface area contributed by atoms with E-state index in [-0.39, 0.29) is 23.1 Å². The Labute approximate surface area is 384 Å². The molecule has 316 valence electrons. The topological polar surface area (TPSA) is 68.3 Å². The van der Waals surface area contributed by atoms with E-state index in [1.54, 1.807) is 24.3 Å². The lowest BCUT2D eigenvalue weighted by Gasteiger charge is -2.22. The molecular formula is C62H44O4. The summed E-state index contributed by atoms with van der Waals surface area (Å²) in [5.74, 6) is -0.402. The molecule has 0 radical (unpaired) electrons. The van der Waals surface area contributed by atoms with Gasteiger partial charge in [0.05, 0.1) is 0 Å². The fraction of sp³-hybridized carbons (Fsp3) is 0.0645. The molecule has 2 aliphatic rings. The maximum Gasteiger partial charge on any atom is 0.195 e. The van der Waals surface area contributed by atoms with Gasteiger partial charge in [0.15, 0.2) is 23.1 Å². The number of hydrogen-bond acceptors (Lipinski definition) is 4. The van der Waals surface area contributed by atoms with Crippen LogP contribution >= 0.6 is 0 Å². The van der Waals surface area contributed by atoms with Crippen LogP contribution in [-0.4, -0.2) is 23.1 Å². The highest BCUT2D eigenvalue weighted by Crippen LogP contribution is 2.40. The molecule has 4 nitrogen and oxygen atoms in total. The van der Waals surface area contributed by atoms with Crippen molar-refractivity contribution in [1.82, 2.24) is 0 Å². The summed E-state index contributed by atoms with van der Waals surface area (Å²) in [5.41, 5.74) is 18.2. The molecule has 0 aliphatic heterocycles. The Morgan fingerprint density at radius 1 is 0.212 bits per heavy atom. The average Bonchev–Trinajstić information content (AvgIpc) is 3.35. The lowest BCUT2D eigenvalue weighted by molar-refractivity contribution is 0.0979. The molecule has 9 aromatic carbocycles. The minimum Gasteiger partial charge on any atom is -0.289 e. The maximum atomic E-state index is 14.0. The second kappa shape index (κ2) is 17.0. The largest absolute Gasteiger partial charge is 0.289 e. The Kier molecular flexibility index (Phi) is 10.7. The first-order valence-corrected chi connectivity index (χ1v) is 22.1. The molecule has 66 heavy (non-hydrogen) atoms. The van der Waals surface area contributed by atoms with E-state index in [2.05, 4.69) is 49.4 Å². The van der Waals surface area contributed by atoms with Gasteiger partial charge in [-0.2, -0.15) is 0 Å². The smallest absolute Gasteiger partial charge is 0.195 e. The average molecular weight is 853 g/mol. The van der Waals surface area contributed by atoms with Gasteiger partial charge in [-0.3, -0.25) is 19.2 Å². The standard InChI is InChI=1S/C34H24O2.C28H20O2/c1-21-10-14-23(15-11-21)25-18-19-29-31(20-25)34(36)32-28(8-5-9-30(32)33(29)35)27-7-4-3-6-26(27)24-16-12-22(2)13-17-24;1-17-3-7-19(8-4-17)21-11-13-23-25(15-21)28(30)26-16-22(12-14-24(26)27(23)29)20-9-5-18(2)6-10-20/h3-20H,1-2H3;3-16H,1-2H3. The van der Waals surface area contributed by atoms with Gasteiger partial charge in [0.25, 0.3) is 0 Å². The lowest BCUT2D eigenvalue weighted by atomic mass is 9.78. The number of rotatable bonds is 5. The van der Waals surface area contributed by atoms with E-state index >= 15 is 0 Å². The zero-order chi connectivity index (χ0) is 45.6. The Hall–Kier alpha value is -8.34. The minimum atomic E-state index is -0.108. The first kappa shape index (κ1) is 41.7. The molecule has 0 aromatic heterocycles. The van der Waals surface area contributed by atoms with Crippen molar-refractivity contribution in [3.63, 3.8) is 0 Å². The van der Waals surface area contributed by atoms with Crippen molar-refractivity contribution in [2.75, 3.05) is 0 Å². The van der Waals surface area contributed by atoms with Crippen LogP contribution in [0.25, 0.3) is 55.6 Å². The van der Waals surface area contributed by atoms with Crippen molar-refractivity contribution >= 4 is 23.1 Å². The van der Waals surface area contributed by atoms with Gasteiger partial charge in [0.2, 0.25) is 0 Å². The third-order valence-electron chi connectivity index (χ3n) is 12.8. The quantitative estimate of drug-likeness (QED) is 0.173. The van der Waals surface area contributed by atoms with Crippen LogP contribution in [0.1, 0.15) is 85.9 Å². The normalized spacial score (nSPS) is 12.4. The molecule has 2 aliphatic carbocycles. The van der Waals surface area contributed by atoms with Crippen LogP contribution in [0.2, 0.25) is 0 Å². The molecular weight excluding hydrogens is 809 g/mol. The van der Waals surface area contributed by atoms with Crippen molar-refractivity contribution in [2.24, 2.45) is 0 Å². The monoisotopic (exact) mass is 852 g/mol. The van der Waals surface area contributed by atoms with E-state index in [4.69, 9.17) is 0 Å². The number of carbonyl (C=O) groups is 4. The second-order valence-corrected chi connectivity index (χ2v) is 17.3. The number of aryl methyl sites for hydroxylation is 4. The van der Waals surface area contributed by atoms with Crippen LogP contribution < -0.4 is 0 Å². The van der Waals surface area contributed by atoms with Gasteiger partial charge >= 0.3 is 0 Å². The summed E-state index contributed by atoms with van der Waals surface area (Å²) in [6, 6.07) is 63.2. The first-order valence-electron chi connectivity index (χ1n) is 22.1. The van der Waals surface area contributed by atoms with Crippen molar-refractivity contribution in [2.45, 2.75) is 27.7 Å². The highest BCUT2D eigenvalue weighted by atomic mass is 16.1. The molecule has 0 heterocycles. The summed E-state index contributed by atoms with van der Waals surface area (Å²) in [7, 11) is 0. The van der Waals surface area contributed by atoms with E-state index in [9.17, 15) is 19.2 Å². The van der Waals surface area contributed by atoms with Gasteiger partial charge < -0.3 is 0 Å². The molecule has 0 saturated carbocycles. The number of carbonyl (C=O) groups excluding carboxylic acids is 4. The van der Waals surface area contributed by atoms with Gasteiger partial charge in [-0.05, 0) is 120 Å². The van der Waals surface area contributed by atoms with E-state index < -0.39 is 0 Å². The van der Waals surface area contributed by atoms with Crippen LogP contribution in [0, 0.1) is 27.7 Å². The molecule has 0 amide bonds. The van der Waals surface area contributed by atoms with E-state index in [0.717, 1.165) is 55.6 Å². The van der Waals surface area contributed by atoms with Crippen LogP contribution in [0.3, 0.4) is 0 Å². The number of ketones is 4. The van der Waals surface area contributed by atoms with Crippen molar-refractivity contribution in [3.8, 4) is 55.6 Å². The molecule has 0 N–H and O–H groups in total. The van der Waals surface area contributed by atoms with Crippen LogP contribution in [0.15, 0.2) is 194 Å². The predicted molar refractivity (Wildman–Crippen MR) is 266 cm³/mol.